The second kappa shape index (κ2) is 7.46. The van der Waals surface area contributed by atoms with Crippen molar-refractivity contribution in [3.05, 3.63) is 55.7 Å². The summed E-state index contributed by atoms with van der Waals surface area (Å²) in [5.41, 5.74) is -0.0654. The molecule has 9 heteroatoms. The summed E-state index contributed by atoms with van der Waals surface area (Å²) in [5.74, 6) is -1.19. The minimum atomic E-state index is -0.779. The maximum absolute atomic E-state index is 12.0. The van der Waals surface area contributed by atoms with Crippen LogP contribution in [0, 0.1) is 13.8 Å². The van der Waals surface area contributed by atoms with E-state index in [0.29, 0.717) is 10.6 Å². The Morgan fingerprint density at radius 1 is 1.29 bits per heavy atom. The molecule has 0 radical (unpaired) electrons. The Hall–Kier alpha value is -2.38. The number of aryl methyl sites for hydroxylation is 2. The van der Waals surface area contributed by atoms with Crippen molar-refractivity contribution in [1.82, 2.24) is 4.98 Å². The number of amides is 1. The largest absolute Gasteiger partial charge is 0.452 e. The second-order valence-corrected chi connectivity index (χ2v) is 5.63. The molecule has 126 valence electrons. The minimum Gasteiger partial charge on any atom is -0.452 e. The van der Waals surface area contributed by atoms with E-state index in [1.807, 2.05) is 0 Å². The predicted molar refractivity (Wildman–Crippen MR) is 87.6 cm³/mol. The molecule has 0 fully saturated rings. The first-order valence-corrected chi connectivity index (χ1v) is 7.43. The molecule has 2 heterocycles. The van der Waals surface area contributed by atoms with E-state index in [1.54, 1.807) is 6.92 Å². The fourth-order valence-electron chi connectivity index (χ4n) is 1.94. The van der Waals surface area contributed by atoms with Crippen molar-refractivity contribution in [2.24, 2.45) is 0 Å². The molecule has 0 atom stereocenters. The van der Waals surface area contributed by atoms with Crippen LogP contribution in [-0.4, -0.2) is 23.5 Å². The highest BCUT2D eigenvalue weighted by Crippen LogP contribution is 2.22. The first kappa shape index (κ1) is 18.0. The lowest BCUT2D eigenvalue weighted by atomic mass is 10.1. The zero-order valence-corrected chi connectivity index (χ0v) is 14.2. The number of ether oxygens (including phenoxy) is 1. The van der Waals surface area contributed by atoms with Gasteiger partial charge in [0.1, 0.15) is 11.3 Å². The summed E-state index contributed by atoms with van der Waals surface area (Å²) >= 11 is 11.6. The summed E-state index contributed by atoms with van der Waals surface area (Å²) in [6.45, 7) is 2.47. The molecule has 1 N–H and O–H groups in total. The van der Waals surface area contributed by atoms with Gasteiger partial charge in [0.05, 0.1) is 10.0 Å². The van der Waals surface area contributed by atoms with Crippen LogP contribution in [0.25, 0.3) is 0 Å². The first-order valence-electron chi connectivity index (χ1n) is 6.67. The Morgan fingerprint density at radius 2 is 2.00 bits per heavy atom. The van der Waals surface area contributed by atoms with E-state index in [0.717, 1.165) is 0 Å². The lowest BCUT2D eigenvalue weighted by Crippen LogP contribution is -2.22. The number of nitrogens with one attached hydrogen (secondary N) is 1. The van der Waals surface area contributed by atoms with E-state index < -0.39 is 24.1 Å². The van der Waals surface area contributed by atoms with Crippen LogP contribution in [0.2, 0.25) is 10.0 Å². The Labute approximate surface area is 146 Å². The van der Waals surface area contributed by atoms with Crippen molar-refractivity contribution in [2.45, 2.75) is 13.8 Å². The van der Waals surface area contributed by atoms with Crippen molar-refractivity contribution < 1.29 is 18.7 Å². The van der Waals surface area contributed by atoms with E-state index in [2.05, 4.69) is 10.3 Å². The number of halogens is 2. The minimum absolute atomic E-state index is 0.0974. The summed E-state index contributed by atoms with van der Waals surface area (Å²) < 4.78 is 9.76. The number of carbonyl (C=O) groups excluding carboxylic acids is 2. The number of anilines is 1. The highest BCUT2D eigenvalue weighted by molar-refractivity contribution is 6.36. The van der Waals surface area contributed by atoms with Crippen molar-refractivity contribution in [1.29, 1.82) is 0 Å². The van der Waals surface area contributed by atoms with Crippen LogP contribution in [0.4, 0.5) is 5.82 Å². The molecule has 0 aliphatic rings. The number of nitrogens with zero attached hydrogens (tertiary/aromatic N) is 1. The molecular weight excluding hydrogens is 359 g/mol. The van der Waals surface area contributed by atoms with Crippen molar-refractivity contribution in [2.75, 3.05) is 11.9 Å². The molecule has 0 unspecified atom stereocenters. The Morgan fingerprint density at radius 3 is 2.62 bits per heavy atom. The number of rotatable bonds is 4. The highest BCUT2D eigenvalue weighted by atomic mass is 35.5. The number of pyridine rings is 1. The van der Waals surface area contributed by atoms with Gasteiger partial charge in [-0.2, -0.15) is 0 Å². The van der Waals surface area contributed by atoms with Crippen LogP contribution in [0.1, 0.15) is 21.7 Å². The highest BCUT2D eigenvalue weighted by Gasteiger charge is 2.18. The first-order chi connectivity index (χ1) is 11.3. The molecule has 0 spiro atoms. The van der Waals surface area contributed by atoms with Crippen LogP contribution in [-0.2, 0) is 9.53 Å². The molecule has 2 rings (SSSR count). The summed E-state index contributed by atoms with van der Waals surface area (Å²) in [7, 11) is 0. The molecule has 0 saturated carbocycles. The van der Waals surface area contributed by atoms with Gasteiger partial charge >= 0.3 is 11.6 Å². The molecule has 0 bridgehead atoms. The van der Waals surface area contributed by atoms with E-state index in [4.69, 9.17) is 32.4 Å². The van der Waals surface area contributed by atoms with E-state index in [-0.39, 0.29) is 22.2 Å². The van der Waals surface area contributed by atoms with Gasteiger partial charge in [-0.15, -0.1) is 0 Å². The smallest absolute Gasteiger partial charge is 0.342 e. The number of hydrogen-bond donors (Lipinski definition) is 1. The van der Waals surface area contributed by atoms with Gasteiger partial charge in [-0.1, -0.05) is 23.2 Å². The molecule has 0 aromatic carbocycles. The molecule has 2 aromatic rings. The van der Waals surface area contributed by atoms with Crippen molar-refractivity contribution >= 4 is 40.9 Å². The van der Waals surface area contributed by atoms with Gasteiger partial charge in [0, 0.05) is 12.3 Å². The van der Waals surface area contributed by atoms with Crippen LogP contribution in [0.15, 0.2) is 27.5 Å². The summed E-state index contributed by atoms with van der Waals surface area (Å²) in [5, 5.41) is 2.86. The molecule has 1 amide bonds. The summed E-state index contributed by atoms with van der Waals surface area (Å²) in [6.07, 6.45) is 1.31. The topological polar surface area (TPSA) is 98.5 Å². The Balaban J connectivity index is 2.01. The fourth-order valence-corrected chi connectivity index (χ4v) is 2.37. The molecule has 24 heavy (non-hydrogen) atoms. The zero-order valence-electron chi connectivity index (χ0n) is 12.7. The molecular formula is C15H12Cl2N2O5. The van der Waals surface area contributed by atoms with E-state index in [1.165, 1.54) is 25.3 Å². The molecule has 0 aliphatic carbocycles. The lowest BCUT2D eigenvalue weighted by Gasteiger charge is -2.09. The maximum atomic E-state index is 12.0. The number of aromatic nitrogens is 1. The summed E-state index contributed by atoms with van der Waals surface area (Å²) in [4.78, 5) is 38.9. The summed E-state index contributed by atoms with van der Waals surface area (Å²) in [6, 6.07) is 2.58. The molecule has 0 aliphatic heterocycles. The predicted octanol–water partition coefficient (Wildman–Crippen LogP) is 2.75. The fraction of sp³-hybridized carbons (Fsp3) is 0.200. The third kappa shape index (κ3) is 4.33. The van der Waals surface area contributed by atoms with Crippen LogP contribution >= 0.6 is 23.2 Å². The molecule has 2 aromatic heterocycles. The normalized spacial score (nSPS) is 10.3. The van der Waals surface area contributed by atoms with Crippen molar-refractivity contribution in [3.8, 4) is 0 Å². The van der Waals surface area contributed by atoms with Gasteiger partial charge in [0.25, 0.3) is 5.91 Å². The monoisotopic (exact) mass is 370 g/mol. The van der Waals surface area contributed by atoms with Crippen LogP contribution < -0.4 is 10.9 Å². The SMILES string of the molecule is Cc1cc(=O)oc(C)c1C(=O)OCC(=O)Nc1ncc(Cl)cc1Cl. The average molecular weight is 371 g/mol. The van der Waals surface area contributed by atoms with Gasteiger partial charge in [-0.05, 0) is 25.5 Å². The Kier molecular flexibility index (Phi) is 5.58. The number of hydrogen-bond acceptors (Lipinski definition) is 6. The van der Waals surface area contributed by atoms with Crippen molar-refractivity contribution in [3.63, 3.8) is 0 Å². The molecule has 0 saturated heterocycles. The quantitative estimate of drug-likeness (QED) is 0.830. The number of carbonyl (C=O) groups is 2. The van der Waals surface area contributed by atoms with Crippen LogP contribution in [0.3, 0.4) is 0 Å². The molecule has 7 nitrogen and oxygen atoms in total. The zero-order chi connectivity index (χ0) is 17.9. The average Bonchev–Trinajstić information content (AvgIpc) is 2.47. The van der Waals surface area contributed by atoms with Gasteiger partial charge in [-0.3, -0.25) is 4.79 Å². The third-order valence-corrected chi connectivity index (χ3v) is 3.43. The lowest BCUT2D eigenvalue weighted by molar-refractivity contribution is -0.119. The standard InChI is InChI=1S/C15H12Cl2N2O5/c1-7-3-12(21)24-8(2)13(7)15(22)23-6-11(20)19-14-10(17)4-9(16)5-18-14/h3-5H,6H2,1-2H3,(H,18,19,20). The Bertz CT molecular complexity index is 837. The van der Waals surface area contributed by atoms with E-state index >= 15 is 0 Å². The second-order valence-electron chi connectivity index (χ2n) is 4.79. The van der Waals surface area contributed by atoms with Gasteiger partial charge in [-0.25, -0.2) is 14.6 Å². The van der Waals surface area contributed by atoms with Crippen LogP contribution in [0.5, 0.6) is 0 Å². The van der Waals surface area contributed by atoms with E-state index in [9.17, 15) is 14.4 Å². The van der Waals surface area contributed by atoms with Gasteiger partial charge < -0.3 is 14.5 Å². The van der Waals surface area contributed by atoms with Gasteiger partial charge in [0.15, 0.2) is 12.4 Å². The van der Waals surface area contributed by atoms with Gasteiger partial charge in [0.2, 0.25) is 0 Å². The maximum Gasteiger partial charge on any atom is 0.342 e. The third-order valence-electron chi connectivity index (χ3n) is 2.94. The number of esters is 1.